The first kappa shape index (κ1) is 6.22. The van der Waals surface area contributed by atoms with E-state index in [1.54, 1.807) is 18.2 Å². The topological polar surface area (TPSA) is 27.1 Å². The summed E-state index contributed by atoms with van der Waals surface area (Å²) >= 11 is 0. The second kappa shape index (κ2) is 2.27. The molecular formula is C8H8N2O. The van der Waals surface area contributed by atoms with Crippen LogP contribution < -0.4 is 4.84 Å². The molecule has 0 saturated heterocycles. The van der Waals surface area contributed by atoms with Gasteiger partial charge in [0.15, 0.2) is 0 Å². The van der Waals surface area contributed by atoms with Crippen LogP contribution in [-0.4, -0.2) is 16.8 Å². The van der Waals surface area contributed by atoms with Crippen molar-refractivity contribution < 1.29 is 4.84 Å². The molecule has 0 aliphatic rings. The SMILES string of the molecule is COn1cnc2ccccc21. The Hall–Kier alpha value is -1.51. The van der Waals surface area contributed by atoms with Crippen molar-refractivity contribution >= 4 is 11.0 Å². The van der Waals surface area contributed by atoms with Crippen molar-refractivity contribution in [2.24, 2.45) is 0 Å². The Morgan fingerprint density at radius 2 is 2.18 bits per heavy atom. The molecule has 0 unspecified atom stereocenters. The maximum absolute atomic E-state index is 5.02. The molecule has 2 rings (SSSR count). The van der Waals surface area contributed by atoms with E-state index in [1.807, 2.05) is 24.3 Å². The first-order valence-corrected chi connectivity index (χ1v) is 3.38. The molecule has 0 atom stereocenters. The average Bonchev–Trinajstić information content (AvgIpc) is 2.47. The summed E-state index contributed by atoms with van der Waals surface area (Å²) in [4.78, 5) is 9.15. The minimum Gasteiger partial charge on any atom is -0.416 e. The van der Waals surface area contributed by atoms with Gasteiger partial charge in [-0.15, -0.1) is 0 Å². The summed E-state index contributed by atoms with van der Waals surface area (Å²) in [6.07, 6.45) is 1.66. The van der Waals surface area contributed by atoms with Crippen molar-refractivity contribution in [3.8, 4) is 0 Å². The van der Waals surface area contributed by atoms with E-state index in [-0.39, 0.29) is 0 Å². The van der Waals surface area contributed by atoms with Crippen LogP contribution in [0.4, 0.5) is 0 Å². The van der Waals surface area contributed by atoms with E-state index in [4.69, 9.17) is 4.84 Å². The van der Waals surface area contributed by atoms with Crippen LogP contribution in [-0.2, 0) is 0 Å². The zero-order valence-corrected chi connectivity index (χ0v) is 6.19. The van der Waals surface area contributed by atoms with E-state index >= 15 is 0 Å². The van der Waals surface area contributed by atoms with E-state index in [0.29, 0.717) is 0 Å². The maximum Gasteiger partial charge on any atom is 0.133 e. The van der Waals surface area contributed by atoms with Gasteiger partial charge in [-0.3, -0.25) is 0 Å². The van der Waals surface area contributed by atoms with Gasteiger partial charge in [0.05, 0.1) is 5.52 Å². The molecule has 3 heteroatoms. The van der Waals surface area contributed by atoms with Gasteiger partial charge in [-0.05, 0) is 12.1 Å². The number of nitrogens with zero attached hydrogens (tertiary/aromatic N) is 2. The van der Waals surface area contributed by atoms with Gasteiger partial charge in [-0.1, -0.05) is 12.1 Å². The number of aromatic nitrogens is 2. The molecule has 0 radical (unpaired) electrons. The standard InChI is InChI=1S/C8H8N2O/c1-11-10-6-9-7-4-2-3-5-8(7)10/h2-6H,1H3. The molecule has 0 fully saturated rings. The highest BCUT2D eigenvalue weighted by molar-refractivity contribution is 5.74. The van der Waals surface area contributed by atoms with E-state index in [2.05, 4.69) is 4.98 Å². The highest BCUT2D eigenvalue weighted by atomic mass is 16.6. The normalized spacial score (nSPS) is 10.3. The van der Waals surface area contributed by atoms with E-state index in [0.717, 1.165) is 11.0 Å². The van der Waals surface area contributed by atoms with Gasteiger partial charge in [0, 0.05) is 0 Å². The van der Waals surface area contributed by atoms with Crippen LogP contribution in [0.15, 0.2) is 30.6 Å². The number of fused-ring (bicyclic) bond motifs is 1. The number of rotatable bonds is 1. The van der Waals surface area contributed by atoms with Gasteiger partial charge in [0.1, 0.15) is 19.0 Å². The Morgan fingerprint density at radius 3 is 3.00 bits per heavy atom. The lowest BCUT2D eigenvalue weighted by Crippen LogP contribution is -2.02. The molecule has 0 aliphatic carbocycles. The predicted octanol–water partition coefficient (Wildman–Crippen LogP) is 1.09. The van der Waals surface area contributed by atoms with E-state index in [1.165, 1.54) is 0 Å². The molecule has 0 aliphatic heterocycles. The predicted molar refractivity (Wildman–Crippen MR) is 42.2 cm³/mol. The summed E-state index contributed by atoms with van der Waals surface area (Å²) in [6.45, 7) is 0. The van der Waals surface area contributed by atoms with Crippen molar-refractivity contribution in [1.82, 2.24) is 9.71 Å². The van der Waals surface area contributed by atoms with Gasteiger partial charge in [-0.25, -0.2) is 4.98 Å². The molecular weight excluding hydrogens is 140 g/mol. The molecule has 2 aromatic rings. The second-order valence-corrected chi connectivity index (χ2v) is 2.24. The second-order valence-electron chi connectivity index (χ2n) is 2.24. The number of hydrogen-bond donors (Lipinski definition) is 0. The molecule has 0 amide bonds. The van der Waals surface area contributed by atoms with Crippen LogP contribution in [0.5, 0.6) is 0 Å². The summed E-state index contributed by atoms with van der Waals surface area (Å²) in [5.74, 6) is 0. The molecule has 0 bridgehead atoms. The van der Waals surface area contributed by atoms with E-state index < -0.39 is 0 Å². The van der Waals surface area contributed by atoms with Gasteiger partial charge < -0.3 is 4.84 Å². The maximum atomic E-state index is 5.02. The number of benzene rings is 1. The van der Waals surface area contributed by atoms with Crippen molar-refractivity contribution in [2.75, 3.05) is 7.11 Å². The molecule has 0 N–H and O–H groups in total. The fourth-order valence-corrected chi connectivity index (χ4v) is 1.08. The van der Waals surface area contributed by atoms with E-state index in [9.17, 15) is 0 Å². The lowest BCUT2D eigenvalue weighted by Gasteiger charge is -1.98. The molecule has 1 heterocycles. The molecule has 3 nitrogen and oxygen atoms in total. The number of hydrogen-bond acceptors (Lipinski definition) is 2. The van der Waals surface area contributed by atoms with Crippen molar-refractivity contribution in [2.45, 2.75) is 0 Å². The lowest BCUT2D eigenvalue weighted by molar-refractivity contribution is 0.177. The Bertz CT molecular complexity index is 367. The summed E-state index contributed by atoms with van der Waals surface area (Å²) in [7, 11) is 1.62. The minimum absolute atomic E-state index is 0.953. The number of para-hydroxylation sites is 2. The van der Waals surface area contributed by atoms with Crippen molar-refractivity contribution in [1.29, 1.82) is 0 Å². The molecule has 11 heavy (non-hydrogen) atoms. The first-order chi connectivity index (χ1) is 5.42. The fourth-order valence-electron chi connectivity index (χ4n) is 1.08. The zero-order chi connectivity index (χ0) is 7.68. The Kier molecular flexibility index (Phi) is 1.28. The third-order valence-electron chi connectivity index (χ3n) is 1.62. The minimum atomic E-state index is 0.953. The van der Waals surface area contributed by atoms with Crippen LogP contribution in [0.2, 0.25) is 0 Å². The van der Waals surface area contributed by atoms with Crippen LogP contribution in [0, 0.1) is 0 Å². The quantitative estimate of drug-likeness (QED) is 0.605. The first-order valence-electron chi connectivity index (χ1n) is 3.38. The Balaban J connectivity index is 2.76. The van der Waals surface area contributed by atoms with Crippen LogP contribution in [0.1, 0.15) is 0 Å². The largest absolute Gasteiger partial charge is 0.416 e. The van der Waals surface area contributed by atoms with Gasteiger partial charge in [-0.2, -0.15) is 4.73 Å². The van der Waals surface area contributed by atoms with Gasteiger partial charge in [0.25, 0.3) is 0 Å². The van der Waals surface area contributed by atoms with Crippen LogP contribution >= 0.6 is 0 Å². The highest BCUT2D eigenvalue weighted by Crippen LogP contribution is 2.09. The van der Waals surface area contributed by atoms with Crippen LogP contribution in [0.3, 0.4) is 0 Å². The molecule has 1 aromatic carbocycles. The summed E-state index contributed by atoms with van der Waals surface area (Å²) in [5, 5.41) is 0. The Labute approximate surface area is 64.2 Å². The summed E-state index contributed by atoms with van der Waals surface area (Å²) in [6, 6.07) is 7.82. The third-order valence-corrected chi connectivity index (χ3v) is 1.62. The molecule has 0 spiro atoms. The highest BCUT2D eigenvalue weighted by Gasteiger charge is 1.98. The van der Waals surface area contributed by atoms with Crippen molar-refractivity contribution in [3.63, 3.8) is 0 Å². The molecule has 56 valence electrons. The summed E-state index contributed by atoms with van der Waals surface area (Å²) < 4.78 is 1.63. The smallest absolute Gasteiger partial charge is 0.133 e. The zero-order valence-electron chi connectivity index (χ0n) is 6.19. The third kappa shape index (κ3) is 0.852. The lowest BCUT2D eigenvalue weighted by atomic mass is 10.3. The molecule has 0 saturated carbocycles. The monoisotopic (exact) mass is 148 g/mol. The van der Waals surface area contributed by atoms with Crippen LogP contribution in [0.25, 0.3) is 11.0 Å². The van der Waals surface area contributed by atoms with Gasteiger partial charge in [0.2, 0.25) is 0 Å². The van der Waals surface area contributed by atoms with Gasteiger partial charge >= 0.3 is 0 Å². The average molecular weight is 148 g/mol. The number of imidazole rings is 1. The molecule has 1 aromatic heterocycles. The Morgan fingerprint density at radius 1 is 1.36 bits per heavy atom. The summed E-state index contributed by atoms with van der Waals surface area (Å²) in [5.41, 5.74) is 1.95. The fraction of sp³-hybridized carbons (Fsp3) is 0.125. The van der Waals surface area contributed by atoms with Crippen molar-refractivity contribution in [3.05, 3.63) is 30.6 Å².